The summed E-state index contributed by atoms with van der Waals surface area (Å²) in [6.07, 6.45) is 0. The van der Waals surface area contributed by atoms with Crippen molar-refractivity contribution in [1.82, 2.24) is 0 Å². The lowest BCUT2D eigenvalue weighted by atomic mass is 10.1. The third-order valence-electron chi connectivity index (χ3n) is 3.92. The number of nitrogens with zero attached hydrogens (tertiary/aromatic N) is 1. The zero-order valence-electron chi connectivity index (χ0n) is 13.5. The molecule has 0 atom stereocenters. The van der Waals surface area contributed by atoms with E-state index in [0.29, 0.717) is 0 Å². The Morgan fingerprint density at radius 2 is 1.74 bits per heavy atom. The number of hydrogen-bond acceptors (Lipinski definition) is 2. The Morgan fingerprint density at radius 3 is 2.48 bits per heavy atom. The second kappa shape index (κ2) is 6.39. The third kappa shape index (κ3) is 3.20. The second-order valence-corrected chi connectivity index (χ2v) is 6.77. The molecule has 0 saturated carbocycles. The van der Waals surface area contributed by atoms with Crippen LogP contribution in [0.4, 0.5) is 5.69 Å². The van der Waals surface area contributed by atoms with Crippen molar-refractivity contribution < 1.29 is 4.79 Å². The average molecular weight is 321 g/mol. The second-order valence-electron chi connectivity index (χ2n) is 5.68. The summed E-state index contributed by atoms with van der Waals surface area (Å²) in [5, 5.41) is 0. The summed E-state index contributed by atoms with van der Waals surface area (Å²) in [7, 11) is 1.82. The normalized spacial score (nSPS) is 10.6. The summed E-state index contributed by atoms with van der Waals surface area (Å²) in [5.41, 5.74) is 4.48. The van der Waals surface area contributed by atoms with E-state index >= 15 is 0 Å². The smallest absolute Gasteiger partial charge is 0.268 e. The highest BCUT2D eigenvalue weighted by atomic mass is 32.1. The number of carbonyl (C=O) groups is 1. The zero-order valence-corrected chi connectivity index (χ0v) is 14.4. The number of rotatable bonds is 3. The molecule has 0 saturated heterocycles. The van der Waals surface area contributed by atoms with Gasteiger partial charge in [-0.3, -0.25) is 4.79 Å². The maximum Gasteiger partial charge on any atom is 0.268 e. The van der Waals surface area contributed by atoms with E-state index in [2.05, 4.69) is 19.1 Å². The molecule has 3 rings (SSSR count). The van der Waals surface area contributed by atoms with Crippen LogP contribution < -0.4 is 4.90 Å². The number of hydrogen-bond donors (Lipinski definition) is 0. The van der Waals surface area contributed by atoms with Crippen LogP contribution in [-0.2, 0) is 0 Å². The van der Waals surface area contributed by atoms with Crippen molar-refractivity contribution in [1.29, 1.82) is 0 Å². The summed E-state index contributed by atoms with van der Waals surface area (Å²) in [6, 6.07) is 20.2. The number of amides is 1. The van der Waals surface area contributed by atoms with Gasteiger partial charge in [0.15, 0.2) is 0 Å². The predicted molar refractivity (Wildman–Crippen MR) is 98.4 cm³/mol. The van der Waals surface area contributed by atoms with E-state index in [1.807, 2.05) is 62.5 Å². The Kier molecular flexibility index (Phi) is 4.30. The molecule has 1 heterocycles. The minimum atomic E-state index is 0.0282. The van der Waals surface area contributed by atoms with Crippen LogP contribution in [0.5, 0.6) is 0 Å². The first-order valence-electron chi connectivity index (χ1n) is 7.57. The van der Waals surface area contributed by atoms with Gasteiger partial charge in [0, 0.05) is 17.6 Å². The van der Waals surface area contributed by atoms with Gasteiger partial charge in [0.1, 0.15) is 0 Å². The molecule has 0 spiro atoms. The fourth-order valence-electron chi connectivity index (χ4n) is 2.57. The first-order chi connectivity index (χ1) is 11.1. The topological polar surface area (TPSA) is 20.3 Å². The first kappa shape index (κ1) is 15.5. The minimum Gasteiger partial charge on any atom is -0.311 e. The van der Waals surface area contributed by atoms with Gasteiger partial charge in [0.25, 0.3) is 5.91 Å². The van der Waals surface area contributed by atoms with Crippen LogP contribution in [0.15, 0.2) is 60.7 Å². The fourth-order valence-corrected chi connectivity index (χ4v) is 3.64. The van der Waals surface area contributed by atoms with Crippen LogP contribution in [0.1, 0.15) is 20.8 Å². The highest BCUT2D eigenvalue weighted by molar-refractivity contribution is 7.17. The lowest BCUT2D eigenvalue weighted by molar-refractivity contribution is 0.0997. The Morgan fingerprint density at radius 1 is 0.957 bits per heavy atom. The number of anilines is 1. The largest absolute Gasteiger partial charge is 0.311 e. The van der Waals surface area contributed by atoms with Crippen molar-refractivity contribution in [2.24, 2.45) is 0 Å². The average Bonchev–Trinajstić information content (AvgIpc) is 3.03. The van der Waals surface area contributed by atoms with Gasteiger partial charge in [-0.2, -0.15) is 0 Å². The standard InChI is InChI=1S/C20H19NOS/c1-14-7-6-9-16(13-14)21(3)20(22)19-12-11-18(23-19)17-10-5-4-8-15(17)2/h4-13H,1-3H3. The molecule has 3 aromatic rings. The van der Waals surface area contributed by atoms with E-state index < -0.39 is 0 Å². The Labute approximate surface area is 141 Å². The summed E-state index contributed by atoms with van der Waals surface area (Å²) >= 11 is 1.54. The molecule has 1 aromatic heterocycles. The van der Waals surface area contributed by atoms with E-state index in [-0.39, 0.29) is 5.91 Å². The zero-order chi connectivity index (χ0) is 16.4. The lowest BCUT2D eigenvalue weighted by Crippen LogP contribution is -2.25. The van der Waals surface area contributed by atoms with E-state index in [1.165, 1.54) is 11.1 Å². The molecule has 0 unspecified atom stereocenters. The molecule has 1 amide bonds. The molecule has 2 aromatic carbocycles. The lowest BCUT2D eigenvalue weighted by Gasteiger charge is -2.16. The van der Waals surface area contributed by atoms with Crippen LogP contribution in [0.2, 0.25) is 0 Å². The van der Waals surface area contributed by atoms with Crippen molar-refractivity contribution in [2.45, 2.75) is 13.8 Å². The molecular weight excluding hydrogens is 302 g/mol. The van der Waals surface area contributed by atoms with Gasteiger partial charge < -0.3 is 4.90 Å². The van der Waals surface area contributed by atoms with E-state index in [4.69, 9.17) is 0 Å². The van der Waals surface area contributed by atoms with Gasteiger partial charge in [0.2, 0.25) is 0 Å². The molecule has 2 nitrogen and oxygen atoms in total. The van der Waals surface area contributed by atoms with Crippen molar-refractivity contribution in [3.63, 3.8) is 0 Å². The maximum atomic E-state index is 12.7. The highest BCUT2D eigenvalue weighted by Gasteiger charge is 2.16. The van der Waals surface area contributed by atoms with Gasteiger partial charge in [-0.1, -0.05) is 36.4 Å². The summed E-state index contributed by atoms with van der Waals surface area (Å²) in [5.74, 6) is 0.0282. The van der Waals surface area contributed by atoms with Crippen LogP contribution in [-0.4, -0.2) is 13.0 Å². The molecule has 0 fully saturated rings. The van der Waals surface area contributed by atoms with Crippen molar-refractivity contribution in [3.05, 3.63) is 76.7 Å². The summed E-state index contributed by atoms with van der Waals surface area (Å²) in [4.78, 5) is 16.3. The van der Waals surface area contributed by atoms with Crippen molar-refractivity contribution >= 4 is 22.9 Å². The van der Waals surface area contributed by atoms with Crippen LogP contribution >= 0.6 is 11.3 Å². The summed E-state index contributed by atoms with van der Waals surface area (Å²) < 4.78 is 0. The summed E-state index contributed by atoms with van der Waals surface area (Å²) in [6.45, 7) is 4.12. The van der Waals surface area contributed by atoms with E-state index in [0.717, 1.165) is 21.0 Å². The third-order valence-corrected chi connectivity index (χ3v) is 5.03. The van der Waals surface area contributed by atoms with E-state index in [9.17, 15) is 4.79 Å². The van der Waals surface area contributed by atoms with Crippen LogP contribution in [0.3, 0.4) is 0 Å². The highest BCUT2D eigenvalue weighted by Crippen LogP contribution is 2.31. The molecule has 0 aliphatic rings. The number of aryl methyl sites for hydroxylation is 2. The molecule has 23 heavy (non-hydrogen) atoms. The molecule has 116 valence electrons. The predicted octanol–water partition coefficient (Wildman–Crippen LogP) is 5.31. The number of carbonyl (C=O) groups excluding carboxylic acids is 1. The number of benzene rings is 2. The quantitative estimate of drug-likeness (QED) is 0.640. The Balaban J connectivity index is 1.88. The van der Waals surface area contributed by atoms with E-state index in [1.54, 1.807) is 16.2 Å². The van der Waals surface area contributed by atoms with Gasteiger partial charge in [0.05, 0.1) is 4.88 Å². The van der Waals surface area contributed by atoms with Crippen LogP contribution in [0, 0.1) is 13.8 Å². The molecule has 0 aliphatic carbocycles. The first-order valence-corrected chi connectivity index (χ1v) is 8.38. The molecule has 0 N–H and O–H groups in total. The Hall–Kier alpha value is -2.39. The van der Waals surface area contributed by atoms with Crippen molar-refractivity contribution in [3.8, 4) is 10.4 Å². The maximum absolute atomic E-state index is 12.7. The molecule has 0 radical (unpaired) electrons. The van der Waals surface area contributed by atoms with Crippen LogP contribution in [0.25, 0.3) is 10.4 Å². The van der Waals surface area contributed by atoms with Gasteiger partial charge in [-0.15, -0.1) is 11.3 Å². The molecule has 3 heteroatoms. The monoisotopic (exact) mass is 321 g/mol. The minimum absolute atomic E-state index is 0.0282. The molecule has 0 bridgehead atoms. The van der Waals surface area contributed by atoms with Gasteiger partial charge in [-0.05, 0) is 54.8 Å². The SMILES string of the molecule is Cc1cccc(N(C)C(=O)c2ccc(-c3ccccc3C)s2)c1. The fraction of sp³-hybridized carbons (Fsp3) is 0.150. The number of thiophene rings is 1. The van der Waals surface area contributed by atoms with Gasteiger partial charge >= 0.3 is 0 Å². The molecular formula is C20H19NOS. The molecule has 0 aliphatic heterocycles. The van der Waals surface area contributed by atoms with Gasteiger partial charge in [-0.25, -0.2) is 0 Å². The van der Waals surface area contributed by atoms with Crippen molar-refractivity contribution in [2.75, 3.05) is 11.9 Å². The Bertz CT molecular complexity index is 850.